The Morgan fingerprint density at radius 3 is 2.84 bits per heavy atom. The van der Waals surface area contributed by atoms with Crippen molar-refractivity contribution in [2.75, 3.05) is 13.7 Å². The molecule has 0 aliphatic carbocycles. The Morgan fingerprint density at radius 1 is 1.26 bits per heavy atom. The zero-order chi connectivity index (χ0) is 22.0. The molecule has 0 saturated carbocycles. The molecule has 2 aromatic heterocycles. The molecule has 3 aromatic rings. The van der Waals surface area contributed by atoms with Gasteiger partial charge in [0, 0.05) is 23.3 Å². The third-order valence-electron chi connectivity index (χ3n) is 5.43. The summed E-state index contributed by atoms with van der Waals surface area (Å²) in [6.45, 7) is 2.37. The summed E-state index contributed by atoms with van der Waals surface area (Å²) in [4.78, 5) is 18.2. The van der Waals surface area contributed by atoms with Crippen molar-refractivity contribution in [1.29, 1.82) is 0 Å². The zero-order valence-electron chi connectivity index (χ0n) is 17.2. The van der Waals surface area contributed by atoms with E-state index in [9.17, 15) is 4.79 Å². The van der Waals surface area contributed by atoms with Gasteiger partial charge < -0.3 is 19.4 Å². The Hall–Kier alpha value is -2.90. The van der Waals surface area contributed by atoms with Gasteiger partial charge in [-0.1, -0.05) is 29.8 Å². The number of nitrogens with zero attached hydrogens (tertiary/aromatic N) is 2. The van der Waals surface area contributed by atoms with Gasteiger partial charge in [0.1, 0.15) is 17.6 Å². The maximum Gasteiger partial charge on any atom is 0.307 e. The molecule has 1 fully saturated rings. The minimum absolute atomic E-state index is 0.213. The highest BCUT2D eigenvalue weighted by Crippen LogP contribution is 2.41. The molecule has 0 spiro atoms. The number of rotatable bonds is 6. The number of pyridine rings is 1. The Morgan fingerprint density at radius 2 is 2.10 bits per heavy atom. The molecular formula is C23H22ClN3O3S. The fourth-order valence-corrected chi connectivity index (χ4v) is 4.31. The Balaban J connectivity index is 1.71. The molecule has 0 unspecified atom stereocenters. The van der Waals surface area contributed by atoms with E-state index in [0.29, 0.717) is 16.7 Å². The number of aromatic nitrogens is 1. The van der Waals surface area contributed by atoms with Crippen molar-refractivity contribution >= 4 is 34.9 Å². The number of halogens is 1. The SMILES string of the molecule is COC(=O)CCN1C(=S)N[C@@H](c2ccccn2)[C@H]1c1ccc(-c2cccc(Cl)c2C)o1. The minimum atomic E-state index is -0.294. The standard InChI is InChI=1S/C23H22ClN3O3S/c1-14-15(6-5-7-16(14)24)18-9-10-19(30-18)22-21(17-8-3-4-12-25-17)26-23(31)27(22)13-11-20(28)29-2/h3-10,12,21-22H,11,13H2,1-2H3,(H,26,31)/t21-,22+/m0/s1. The lowest BCUT2D eigenvalue weighted by molar-refractivity contribution is -0.140. The molecule has 8 heteroatoms. The number of methoxy groups -OCH3 is 1. The largest absolute Gasteiger partial charge is 0.469 e. The highest BCUT2D eigenvalue weighted by molar-refractivity contribution is 7.80. The molecular weight excluding hydrogens is 434 g/mol. The van der Waals surface area contributed by atoms with Crippen molar-refractivity contribution in [3.63, 3.8) is 0 Å². The van der Waals surface area contributed by atoms with Gasteiger partial charge in [0.2, 0.25) is 0 Å². The lowest BCUT2D eigenvalue weighted by Crippen LogP contribution is -2.31. The van der Waals surface area contributed by atoms with Crippen LogP contribution in [-0.2, 0) is 9.53 Å². The van der Waals surface area contributed by atoms with Gasteiger partial charge in [-0.2, -0.15) is 0 Å². The Kier molecular flexibility index (Phi) is 6.25. The summed E-state index contributed by atoms with van der Waals surface area (Å²) in [5, 5.41) is 4.57. The average Bonchev–Trinajstić information content (AvgIpc) is 3.39. The van der Waals surface area contributed by atoms with Crippen LogP contribution in [0.4, 0.5) is 0 Å². The van der Waals surface area contributed by atoms with Gasteiger partial charge in [-0.05, 0) is 55.0 Å². The molecule has 3 heterocycles. The van der Waals surface area contributed by atoms with Crippen LogP contribution in [0.5, 0.6) is 0 Å². The predicted molar refractivity (Wildman–Crippen MR) is 123 cm³/mol. The van der Waals surface area contributed by atoms with Gasteiger partial charge in [0.25, 0.3) is 0 Å². The summed E-state index contributed by atoms with van der Waals surface area (Å²) < 4.78 is 11.1. The fourth-order valence-electron chi connectivity index (χ4n) is 3.80. The second-order valence-electron chi connectivity index (χ2n) is 7.26. The highest BCUT2D eigenvalue weighted by atomic mass is 35.5. The van der Waals surface area contributed by atoms with Crippen molar-refractivity contribution in [2.24, 2.45) is 0 Å². The van der Waals surface area contributed by atoms with Crippen LogP contribution < -0.4 is 5.32 Å². The molecule has 1 aliphatic heterocycles. The predicted octanol–water partition coefficient (Wildman–Crippen LogP) is 4.84. The summed E-state index contributed by atoms with van der Waals surface area (Å²) in [6.07, 6.45) is 1.96. The highest BCUT2D eigenvalue weighted by Gasteiger charge is 2.41. The lowest BCUT2D eigenvalue weighted by atomic mass is 10.0. The number of esters is 1. The van der Waals surface area contributed by atoms with E-state index >= 15 is 0 Å². The first kappa shape index (κ1) is 21.3. The summed E-state index contributed by atoms with van der Waals surface area (Å²) >= 11 is 11.9. The molecule has 0 amide bonds. The van der Waals surface area contributed by atoms with Gasteiger partial charge in [-0.25, -0.2) is 0 Å². The van der Waals surface area contributed by atoms with Crippen LogP contribution >= 0.6 is 23.8 Å². The van der Waals surface area contributed by atoms with E-state index < -0.39 is 0 Å². The molecule has 31 heavy (non-hydrogen) atoms. The molecule has 1 aromatic carbocycles. The van der Waals surface area contributed by atoms with E-state index in [1.165, 1.54) is 7.11 Å². The lowest BCUT2D eigenvalue weighted by Gasteiger charge is -2.25. The smallest absolute Gasteiger partial charge is 0.307 e. The minimum Gasteiger partial charge on any atom is -0.469 e. The summed E-state index contributed by atoms with van der Waals surface area (Å²) in [5.74, 6) is 1.15. The number of thiocarbonyl (C=S) groups is 1. The van der Waals surface area contributed by atoms with Crippen LogP contribution in [0.25, 0.3) is 11.3 Å². The van der Waals surface area contributed by atoms with Gasteiger partial charge in [0.15, 0.2) is 5.11 Å². The number of furan rings is 1. The summed E-state index contributed by atoms with van der Waals surface area (Å²) in [5.41, 5.74) is 2.73. The maximum atomic E-state index is 11.8. The third kappa shape index (κ3) is 4.29. The monoisotopic (exact) mass is 455 g/mol. The van der Waals surface area contributed by atoms with Crippen LogP contribution in [0.15, 0.2) is 59.1 Å². The average molecular weight is 456 g/mol. The first-order valence-corrected chi connectivity index (χ1v) is 10.7. The van der Waals surface area contributed by atoms with E-state index in [4.69, 9.17) is 33.0 Å². The van der Waals surface area contributed by atoms with Crippen molar-refractivity contribution in [2.45, 2.75) is 25.4 Å². The van der Waals surface area contributed by atoms with E-state index in [1.54, 1.807) is 6.20 Å². The molecule has 160 valence electrons. The van der Waals surface area contributed by atoms with Crippen LogP contribution in [0.3, 0.4) is 0 Å². The number of nitrogens with one attached hydrogen (secondary N) is 1. The van der Waals surface area contributed by atoms with Gasteiger partial charge in [0.05, 0.1) is 25.3 Å². The fraction of sp³-hybridized carbons (Fsp3) is 0.261. The molecule has 1 N–H and O–H groups in total. The van der Waals surface area contributed by atoms with Crippen LogP contribution in [0.2, 0.25) is 5.02 Å². The van der Waals surface area contributed by atoms with E-state index in [0.717, 1.165) is 28.3 Å². The van der Waals surface area contributed by atoms with Crippen LogP contribution in [-0.4, -0.2) is 34.6 Å². The summed E-state index contributed by atoms with van der Waals surface area (Å²) in [7, 11) is 1.38. The second-order valence-corrected chi connectivity index (χ2v) is 8.05. The van der Waals surface area contributed by atoms with E-state index in [-0.39, 0.29) is 24.5 Å². The van der Waals surface area contributed by atoms with Gasteiger partial charge in [-0.3, -0.25) is 9.78 Å². The second kappa shape index (κ2) is 9.08. The van der Waals surface area contributed by atoms with E-state index in [1.807, 2.05) is 60.4 Å². The summed E-state index contributed by atoms with van der Waals surface area (Å²) in [6, 6.07) is 14.9. The van der Waals surface area contributed by atoms with Crippen molar-refractivity contribution in [1.82, 2.24) is 15.2 Å². The topological polar surface area (TPSA) is 67.6 Å². The first-order chi connectivity index (χ1) is 15.0. The molecule has 0 bridgehead atoms. The number of carbonyl (C=O) groups excluding carboxylic acids is 1. The van der Waals surface area contributed by atoms with Crippen molar-refractivity contribution in [3.8, 4) is 11.3 Å². The zero-order valence-corrected chi connectivity index (χ0v) is 18.7. The molecule has 1 aliphatic rings. The number of hydrogen-bond acceptors (Lipinski definition) is 5. The number of hydrogen-bond donors (Lipinski definition) is 1. The van der Waals surface area contributed by atoms with E-state index in [2.05, 4.69) is 10.3 Å². The number of ether oxygens (including phenoxy) is 1. The van der Waals surface area contributed by atoms with Gasteiger partial charge in [-0.15, -0.1) is 0 Å². The number of benzene rings is 1. The third-order valence-corrected chi connectivity index (χ3v) is 6.20. The van der Waals surface area contributed by atoms with Crippen LogP contribution in [0, 0.1) is 6.92 Å². The quantitative estimate of drug-likeness (QED) is 0.421. The normalized spacial score (nSPS) is 18.2. The molecule has 2 atom stereocenters. The molecule has 6 nitrogen and oxygen atoms in total. The number of carbonyl (C=O) groups is 1. The maximum absolute atomic E-state index is 11.8. The first-order valence-electron chi connectivity index (χ1n) is 9.89. The molecule has 1 saturated heterocycles. The van der Waals surface area contributed by atoms with Gasteiger partial charge >= 0.3 is 5.97 Å². The molecule has 0 radical (unpaired) electrons. The Labute approximate surface area is 191 Å². The molecule has 4 rings (SSSR count). The van der Waals surface area contributed by atoms with Crippen molar-refractivity contribution < 1.29 is 13.9 Å². The van der Waals surface area contributed by atoms with Crippen molar-refractivity contribution in [3.05, 3.63) is 76.8 Å². The van der Waals surface area contributed by atoms with Crippen LogP contribution in [0.1, 0.15) is 35.5 Å². The Bertz CT molecular complexity index is 1100.